The van der Waals surface area contributed by atoms with Crippen LogP contribution in [0, 0.1) is 6.92 Å². The van der Waals surface area contributed by atoms with Crippen molar-refractivity contribution in [1.29, 1.82) is 0 Å². The van der Waals surface area contributed by atoms with Gasteiger partial charge < -0.3 is 4.90 Å². The first-order valence-corrected chi connectivity index (χ1v) is 6.17. The molecule has 0 fully saturated rings. The lowest BCUT2D eigenvalue weighted by atomic mass is 10.3. The monoisotopic (exact) mass is 295 g/mol. The van der Waals surface area contributed by atoms with Crippen molar-refractivity contribution in [3.8, 4) is 0 Å². The Hall–Kier alpha value is -1.08. The highest BCUT2D eigenvalue weighted by Crippen LogP contribution is 2.32. The number of nitrogens with zero attached hydrogens (tertiary/aromatic N) is 3. The summed E-state index contributed by atoms with van der Waals surface area (Å²) < 4.78 is 37.1. The molecule has 0 N–H and O–H groups in total. The van der Waals surface area contributed by atoms with Crippen molar-refractivity contribution in [2.45, 2.75) is 13.1 Å². The minimum Gasteiger partial charge on any atom is -0.350 e. The Balaban J connectivity index is 2.49. The van der Waals surface area contributed by atoms with Crippen LogP contribution in [0.15, 0.2) is 6.07 Å². The Morgan fingerprint density at radius 1 is 1.39 bits per heavy atom. The van der Waals surface area contributed by atoms with Crippen LogP contribution in [0.4, 0.5) is 19.0 Å². The molecule has 0 aliphatic rings. The quantitative estimate of drug-likeness (QED) is 0.792. The van der Waals surface area contributed by atoms with E-state index in [1.807, 2.05) is 6.92 Å². The van der Waals surface area contributed by atoms with Gasteiger partial charge in [-0.2, -0.15) is 18.2 Å². The summed E-state index contributed by atoms with van der Waals surface area (Å²) in [5.41, 5.74) is 0. The van der Waals surface area contributed by atoms with Crippen molar-refractivity contribution in [1.82, 2.24) is 9.97 Å². The summed E-state index contributed by atoms with van der Waals surface area (Å²) in [6.45, 7) is 0.776. The number of rotatable bonds is 2. The first-order valence-electron chi connectivity index (χ1n) is 4.98. The van der Waals surface area contributed by atoms with Crippen LogP contribution in [-0.4, -0.2) is 29.7 Å². The van der Waals surface area contributed by atoms with Crippen LogP contribution in [0.2, 0.25) is 5.28 Å². The first kappa shape index (κ1) is 13.4. The van der Waals surface area contributed by atoms with Gasteiger partial charge in [0.1, 0.15) is 17.2 Å². The largest absolute Gasteiger partial charge is 0.405 e. The fourth-order valence-electron chi connectivity index (χ4n) is 1.64. The van der Waals surface area contributed by atoms with Gasteiger partial charge in [-0.05, 0) is 24.6 Å². The lowest BCUT2D eigenvalue weighted by Gasteiger charge is -2.20. The average Bonchev–Trinajstić information content (AvgIpc) is 2.53. The highest BCUT2D eigenvalue weighted by molar-refractivity contribution is 7.18. The number of aromatic nitrogens is 2. The van der Waals surface area contributed by atoms with E-state index in [1.165, 1.54) is 18.4 Å². The van der Waals surface area contributed by atoms with Gasteiger partial charge in [0.2, 0.25) is 5.28 Å². The maximum absolute atomic E-state index is 12.4. The third-order valence-electron chi connectivity index (χ3n) is 2.25. The van der Waals surface area contributed by atoms with Gasteiger partial charge in [0.25, 0.3) is 0 Å². The normalized spacial score (nSPS) is 12.1. The van der Waals surface area contributed by atoms with Gasteiger partial charge in [-0.15, -0.1) is 11.3 Å². The van der Waals surface area contributed by atoms with E-state index in [2.05, 4.69) is 9.97 Å². The Bertz CT molecular complexity index is 581. The highest BCUT2D eigenvalue weighted by atomic mass is 35.5. The second kappa shape index (κ2) is 4.55. The standard InChI is InChI=1S/C10H9ClF3N3S/c1-5-3-6-7(17(2)4-10(12,13)14)15-9(11)16-8(6)18-5/h3H,4H2,1-2H3. The molecule has 0 aromatic carbocycles. The molecule has 18 heavy (non-hydrogen) atoms. The number of alkyl halides is 3. The maximum Gasteiger partial charge on any atom is 0.405 e. The Kier molecular flexibility index (Phi) is 3.37. The van der Waals surface area contributed by atoms with Crippen molar-refractivity contribution in [2.24, 2.45) is 0 Å². The van der Waals surface area contributed by atoms with Gasteiger partial charge in [0.15, 0.2) is 0 Å². The predicted octanol–water partition coefficient (Wildman–Crippen LogP) is 3.65. The number of anilines is 1. The molecule has 2 heterocycles. The van der Waals surface area contributed by atoms with Crippen LogP contribution in [0.5, 0.6) is 0 Å². The van der Waals surface area contributed by atoms with Gasteiger partial charge >= 0.3 is 6.18 Å². The molecule has 0 bridgehead atoms. The molecule has 0 saturated carbocycles. The maximum atomic E-state index is 12.4. The molecule has 2 aromatic heterocycles. The Morgan fingerprint density at radius 2 is 2.06 bits per heavy atom. The van der Waals surface area contributed by atoms with Crippen molar-refractivity contribution < 1.29 is 13.2 Å². The molecule has 0 spiro atoms. The molecular weight excluding hydrogens is 287 g/mol. The highest BCUT2D eigenvalue weighted by Gasteiger charge is 2.30. The van der Waals surface area contributed by atoms with Crippen molar-refractivity contribution in [3.63, 3.8) is 0 Å². The van der Waals surface area contributed by atoms with Gasteiger partial charge in [-0.1, -0.05) is 0 Å². The number of hydrogen-bond acceptors (Lipinski definition) is 4. The number of hydrogen-bond donors (Lipinski definition) is 0. The second-order valence-electron chi connectivity index (χ2n) is 3.86. The molecule has 0 unspecified atom stereocenters. The van der Waals surface area contributed by atoms with Gasteiger partial charge in [-0.3, -0.25) is 0 Å². The number of halogens is 4. The molecule has 0 aliphatic carbocycles. The molecular formula is C10H9ClF3N3S. The van der Waals surface area contributed by atoms with Crippen LogP contribution in [0.1, 0.15) is 4.88 Å². The molecule has 0 atom stereocenters. The zero-order valence-electron chi connectivity index (χ0n) is 9.55. The fourth-order valence-corrected chi connectivity index (χ4v) is 2.73. The summed E-state index contributed by atoms with van der Waals surface area (Å²) in [7, 11) is 1.33. The fraction of sp³-hybridized carbons (Fsp3) is 0.400. The van der Waals surface area contributed by atoms with Crippen molar-refractivity contribution >= 4 is 39.0 Å². The molecule has 2 rings (SSSR count). The van der Waals surface area contributed by atoms with Crippen molar-refractivity contribution in [3.05, 3.63) is 16.2 Å². The minimum absolute atomic E-state index is 0.0478. The topological polar surface area (TPSA) is 29.0 Å². The number of thiophene rings is 1. The summed E-state index contributed by atoms with van der Waals surface area (Å²) >= 11 is 7.10. The molecule has 98 valence electrons. The van der Waals surface area contributed by atoms with E-state index in [1.54, 1.807) is 6.07 Å². The van der Waals surface area contributed by atoms with E-state index in [4.69, 9.17) is 11.6 Å². The van der Waals surface area contributed by atoms with E-state index in [9.17, 15) is 13.2 Å². The molecule has 0 saturated heterocycles. The lowest BCUT2D eigenvalue weighted by Crippen LogP contribution is -2.31. The Labute approximate surface area is 110 Å². The zero-order valence-corrected chi connectivity index (χ0v) is 11.1. The van der Waals surface area contributed by atoms with Gasteiger partial charge in [0.05, 0.1) is 5.39 Å². The van der Waals surface area contributed by atoms with E-state index in [0.29, 0.717) is 10.2 Å². The van der Waals surface area contributed by atoms with E-state index in [0.717, 1.165) is 9.78 Å². The SMILES string of the molecule is Cc1cc2c(N(C)CC(F)(F)F)nc(Cl)nc2s1. The smallest absolute Gasteiger partial charge is 0.350 e. The lowest BCUT2D eigenvalue weighted by molar-refractivity contribution is -0.119. The van der Waals surface area contributed by atoms with E-state index >= 15 is 0 Å². The Morgan fingerprint density at radius 3 is 2.67 bits per heavy atom. The van der Waals surface area contributed by atoms with Gasteiger partial charge in [0, 0.05) is 11.9 Å². The summed E-state index contributed by atoms with van der Waals surface area (Å²) in [4.78, 5) is 10.5. The minimum atomic E-state index is -4.29. The van der Waals surface area contributed by atoms with Crippen LogP contribution in [-0.2, 0) is 0 Å². The third kappa shape index (κ3) is 2.84. The number of fused-ring (bicyclic) bond motifs is 1. The number of aryl methyl sites for hydroxylation is 1. The van der Waals surface area contributed by atoms with Crippen LogP contribution < -0.4 is 4.90 Å². The van der Waals surface area contributed by atoms with E-state index in [-0.39, 0.29) is 11.1 Å². The average molecular weight is 296 g/mol. The summed E-state index contributed by atoms with van der Waals surface area (Å²) in [5, 5.41) is 0.544. The molecule has 3 nitrogen and oxygen atoms in total. The third-order valence-corrected chi connectivity index (χ3v) is 3.36. The molecule has 8 heteroatoms. The van der Waals surface area contributed by atoms with E-state index < -0.39 is 12.7 Å². The molecule has 2 aromatic rings. The van der Waals surface area contributed by atoms with Crippen LogP contribution in [0.3, 0.4) is 0 Å². The van der Waals surface area contributed by atoms with Crippen molar-refractivity contribution in [2.75, 3.05) is 18.5 Å². The zero-order chi connectivity index (χ0) is 13.5. The van der Waals surface area contributed by atoms with Crippen LogP contribution in [0.25, 0.3) is 10.2 Å². The summed E-state index contributed by atoms with van der Waals surface area (Å²) in [6, 6.07) is 1.76. The summed E-state index contributed by atoms with van der Waals surface area (Å²) in [5.74, 6) is 0.201. The van der Waals surface area contributed by atoms with Crippen LogP contribution >= 0.6 is 22.9 Å². The second-order valence-corrected chi connectivity index (χ2v) is 5.44. The molecule has 0 radical (unpaired) electrons. The molecule has 0 amide bonds. The summed E-state index contributed by atoms with van der Waals surface area (Å²) in [6.07, 6.45) is -4.29. The first-order chi connectivity index (χ1) is 8.26. The predicted molar refractivity (Wildman–Crippen MR) is 66.5 cm³/mol. The molecule has 0 aliphatic heterocycles. The van der Waals surface area contributed by atoms with Gasteiger partial charge in [-0.25, -0.2) is 4.98 Å².